The van der Waals surface area contributed by atoms with Crippen LogP contribution in [-0.2, 0) is 28.0 Å². The van der Waals surface area contributed by atoms with Gasteiger partial charge < -0.3 is 10.2 Å². The van der Waals surface area contributed by atoms with Gasteiger partial charge in [0.2, 0.25) is 11.8 Å². The maximum atomic E-state index is 12.4. The predicted molar refractivity (Wildman–Crippen MR) is 114 cm³/mol. The Morgan fingerprint density at radius 1 is 1.17 bits per heavy atom. The minimum atomic E-state index is -0.0281. The lowest BCUT2D eigenvalue weighted by molar-refractivity contribution is -0.130. The fourth-order valence-corrected chi connectivity index (χ4v) is 3.69. The van der Waals surface area contributed by atoms with Gasteiger partial charge in [-0.1, -0.05) is 51.1 Å². The van der Waals surface area contributed by atoms with Gasteiger partial charge in [-0.15, -0.1) is 0 Å². The third-order valence-corrected chi connectivity index (χ3v) is 5.48. The monoisotopic (exact) mass is 393 g/mol. The molecule has 1 aliphatic heterocycles. The Morgan fingerprint density at radius 2 is 1.93 bits per heavy atom. The largest absolute Gasteiger partial charge is 0.356 e. The summed E-state index contributed by atoms with van der Waals surface area (Å²) >= 11 is 0. The van der Waals surface area contributed by atoms with Crippen LogP contribution in [0.3, 0.4) is 0 Å². The first-order valence-electron chi connectivity index (χ1n) is 10.4. The molecular formula is C24H31N3O2. The number of hydrogen-bond acceptors (Lipinski definition) is 3. The van der Waals surface area contributed by atoms with E-state index in [2.05, 4.69) is 55.3 Å². The standard InChI is InChI=1S/C24H31N3O2/c1-24(2,3)19-9-7-18(8-10-19)17-27-21(11-12-23(27)29)16-22(28)26-15-13-20-6-4-5-14-25-20/h4-10,14,21H,11-13,15-17H2,1-3H3,(H,26,28). The number of nitrogens with one attached hydrogen (secondary N) is 1. The van der Waals surface area contributed by atoms with Crippen LogP contribution < -0.4 is 5.32 Å². The Kier molecular flexibility index (Phi) is 6.68. The van der Waals surface area contributed by atoms with E-state index in [1.807, 2.05) is 23.1 Å². The van der Waals surface area contributed by atoms with Gasteiger partial charge in [0.1, 0.15) is 0 Å². The molecule has 1 aromatic heterocycles. The second-order valence-corrected chi connectivity index (χ2v) is 8.79. The van der Waals surface area contributed by atoms with E-state index in [9.17, 15) is 9.59 Å². The normalized spacial score (nSPS) is 16.9. The number of carbonyl (C=O) groups excluding carboxylic acids is 2. The smallest absolute Gasteiger partial charge is 0.223 e. The van der Waals surface area contributed by atoms with Crippen molar-refractivity contribution in [3.63, 3.8) is 0 Å². The molecule has 5 heteroatoms. The van der Waals surface area contributed by atoms with Crippen LogP contribution in [0.25, 0.3) is 0 Å². The van der Waals surface area contributed by atoms with Gasteiger partial charge in [0.05, 0.1) is 0 Å². The van der Waals surface area contributed by atoms with E-state index in [1.165, 1.54) is 5.56 Å². The van der Waals surface area contributed by atoms with Gasteiger partial charge in [0, 0.05) is 50.3 Å². The molecule has 154 valence electrons. The van der Waals surface area contributed by atoms with Crippen LogP contribution in [0.15, 0.2) is 48.7 Å². The van der Waals surface area contributed by atoms with Gasteiger partial charge >= 0.3 is 0 Å². The van der Waals surface area contributed by atoms with Gasteiger partial charge in [-0.25, -0.2) is 0 Å². The van der Waals surface area contributed by atoms with Crippen molar-refractivity contribution in [1.82, 2.24) is 15.2 Å². The number of hydrogen-bond donors (Lipinski definition) is 1. The average Bonchev–Trinajstić information content (AvgIpc) is 3.02. The highest BCUT2D eigenvalue weighted by atomic mass is 16.2. The van der Waals surface area contributed by atoms with Crippen molar-refractivity contribution in [3.8, 4) is 0 Å². The summed E-state index contributed by atoms with van der Waals surface area (Å²) in [7, 11) is 0. The van der Waals surface area contributed by atoms with Crippen LogP contribution in [0.1, 0.15) is 56.9 Å². The number of pyridine rings is 1. The third-order valence-electron chi connectivity index (χ3n) is 5.48. The second kappa shape index (κ2) is 9.21. The summed E-state index contributed by atoms with van der Waals surface area (Å²) in [6.07, 6.45) is 4.08. The molecule has 1 aliphatic rings. The number of amides is 2. The third kappa shape index (κ3) is 5.89. The molecule has 1 unspecified atom stereocenters. The Balaban J connectivity index is 1.52. The minimum Gasteiger partial charge on any atom is -0.356 e. The molecule has 29 heavy (non-hydrogen) atoms. The van der Waals surface area contributed by atoms with Gasteiger partial charge in [-0.3, -0.25) is 14.6 Å². The summed E-state index contributed by atoms with van der Waals surface area (Å²) in [5.74, 6) is 0.130. The van der Waals surface area contributed by atoms with E-state index in [4.69, 9.17) is 0 Å². The lowest BCUT2D eigenvalue weighted by atomic mass is 9.87. The quantitative estimate of drug-likeness (QED) is 0.781. The summed E-state index contributed by atoms with van der Waals surface area (Å²) in [6.45, 7) is 7.69. The van der Waals surface area contributed by atoms with Crippen LogP contribution in [0, 0.1) is 0 Å². The summed E-state index contributed by atoms with van der Waals surface area (Å²) in [6, 6.07) is 14.2. The second-order valence-electron chi connectivity index (χ2n) is 8.79. The Bertz CT molecular complexity index is 825. The zero-order valence-corrected chi connectivity index (χ0v) is 17.6. The molecular weight excluding hydrogens is 362 g/mol. The molecule has 2 aromatic rings. The van der Waals surface area contributed by atoms with Crippen molar-refractivity contribution in [1.29, 1.82) is 0 Å². The van der Waals surface area contributed by atoms with Crippen molar-refractivity contribution in [2.24, 2.45) is 0 Å². The first-order chi connectivity index (χ1) is 13.8. The number of likely N-dealkylation sites (tertiary alicyclic amines) is 1. The predicted octanol–water partition coefficient (Wildman–Crippen LogP) is 3.62. The zero-order valence-electron chi connectivity index (χ0n) is 17.6. The molecule has 0 aliphatic carbocycles. The van der Waals surface area contributed by atoms with E-state index >= 15 is 0 Å². The highest BCUT2D eigenvalue weighted by Crippen LogP contribution is 2.26. The van der Waals surface area contributed by atoms with Crippen molar-refractivity contribution in [2.75, 3.05) is 6.54 Å². The molecule has 1 N–H and O–H groups in total. The zero-order chi connectivity index (χ0) is 20.9. The van der Waals surface area contributed by atoms with Crippen LogP contribution in [0.2, 0.25) is 0 Å². The number of benzene rings is 1. The number of carbonyl (C=O) groups is 2. The molecule has 0 bridgehead atoms. The fraction of sp³-hybridized carbons (Fsp3) is 0.458. The number of nitrogens with zero attached hydrogens (tertiary/aromatic N) is 2. The van der Waals surface area contributed by atoms with Crippen molar-refractivity contribution < 1.29 is 9.59 Å². The number of aromatic nitrogens is 1. The van der Waals surface area contributed by atoms with Crippen molar-refractivity contribution in [3.05, 3.63) is 65.5 Å². The van der Waals surface area contributed by atoms with Gasteiger partial charge in [-0.2, -0.15) is 0 Å². The van der Waals surface area contributed by atoms with E-state index in [1.54, 1.807) is 6.20 Å². The molecule has 2 heterocycles. The molecule has 1 aromatic carbocycles. The molecule has 0 saturated carbocycles. The van der Waals surface area contributed by atoms with E-state index in [-0.39, 0.29) is 23.3 Å². The first kappa shape index (κ1) is 21.0. The Labute approximate surface area is 173 Å². The lowest BCUT2D eigenvalue weighted by Crippen LogP contribution is -2.37. The summed E-state index contributed by atoms with van der Waals surface area (Å²) in [5.41, 5.74) is 3.45. The van der Waals surface area contributed by atoms with Crippen LogP contribution >= 0.6 is 0 Å². The van der Waals surface area contributed by atoms with Crippen LogP contribution in [-0.4, -0.2) is 34.3 Å². The SMILES string of the molecule is CC(C)(C)c1ccc(CN2C(=O)CCC2CC(=O)NCCc2ccccn2)cc1. The molecule has 1 fully saturated rings. The van der Waals surface area contributed by atoms with Crippen molar-refractivity contribution in [2.45, 2.75) is 64.5 Å². The van der Waals surface area contributed by atoms with Crippen LogP contribution in [0.4, 0.5) is 0 Å². The summed E-state index contributed by atoms with van der Waals surface area (Å²) in [4.78, 5) is 30.9. The Morgan fingerprint density at radius 3 is 2.59 bits per heavy atom. The molecule has 0 spiro atoms. The maximum Gasteiger partial charge on any atom is 0.223 e. The Hall–Kier alpha value is -2.69. The minimum absolute atomic E-state index is 0.00582. The topological polar surface area (TPSA) is 62.3 Å². The van der Waals surface area contributed by atoms with E-state index in [0.29, 0.717) is 32.4 Å². The molecule has 0 radical (unpaired) electrons. The highest BCUT2D eigenvalue weighted by Gasteiger charge is 2.32. The fourth-order valence-electron chi connectivity index (χ4n) is 3.69. The molecule has 3 rings (SSSR count). The molecule has 5 nitrogen and oxygen atoms in total. The molecule has 2 amide bonds. The molecule has 1 saturated heterocycles. The van der Waals surface area contributed by atoms with E-state index in [0.717, 1.165) is 17.7 Å². The molecule has 1 atom stereocenters. The highest BCUT2D eigenvalue weighted by molar-refractivity contribution is 5.82. The van der Waals surface area contributed by atoms with Gasteiger partial charge in [0.15, 0.2) is 0 Å². The van der Waals surface area contributed by atoms with Gasteiger partial charge in [0.25, 0.3) is 0 Å². The van der Waals surface area contributed by atoms with Gasteiger partial charge in [-0.05, 0) is 35.1 Å². The summed E-state index contributed by atoms with van der Waals surface area (Å²) < 4.78 is 0. The summed E-state index contributed by atoms with van der Waals surface area (Å²) in [5, 5.41) is 2.96. The van der Waals surface area contributed by atoms with E-state index < -0.39 is 0 Å². The maximum absolute atomic E-state index is 12.4. The lowest BCUT2D eigenvalue weighted by Gasteiger charge is -2.25. The first-order valence-corrected chi connectivity index (χ1v) is 10.4. The average molecular weight is 394 g/mol. The van der Waals surface area contributed by atoms with Crippen molar-refractivity contribution >= 4 is 11.8 Å². The number of rotatable bonds is 7. The van der Waals surface area contributed by atoms with Crippen LogP contribution in [0.5, 0.6) is 0 Å².